The van der Waals surface area contributed by atoms with E-state index in [1.807, 2.05) is 0 Å². The van der Waals surface area contributed by atoms with Gasteiger partial charge in [0.05, 0.1) is 12.2 Å². The molecule has 6 heteroatoms. The number of nitrogens with one attached hydrogen (secondary N) is 2. The predicted octanol–water partition coefficient (Wildman–Crippen LogP) is 2.10. The number of amides is 1. The number of hydrogen-bond donors (Lipinski definition) is 2. The van der Waals surface area contributed by atoms with Crippen molar-refractivity contribution in [2.24, 2.45) is 0 Å². The molecule has 1 aromatic rings. The van der Waals surface area contributed by atoms with Crippen molar-refractivity contribution in [3.63, 3.8) is 0 Å². The molecule has 1 saturated heterocycles. The lowest BCUT2D eigenvalue weighted by Crippen LogP contribution is -2.55. The summed E-state index contributed by atoms with van der Waals surface area (Å²) in [6.45, 7) is 6.04. The molecule has 4 nitrogen and oxygen atoms in total. The Hall–Kier alpha value is -1.17. The lowest BCUT2D eigenvalue weighted by Gasteiger charge is -2.35. The molecule has 2 N–H and O–H groups in total. The van der Waals surface area contributed by atoms with Crippen LogP contribution in [0.3, 0.4) is 0 Å². The van der Waals surface area contributed by atoms with E-state index in [0.717, 1.165) is 13.1 Å². The maximum absolute atomic E-state index is 13.6. The van der Waals surface area contributed by atoms with Crippen LogP contribution in [-0.2, 0) is 4.79 Å². The summed E-state index contributed by atoms with van der Waals surface area (Å²) in [4.78, 5) is 14.0. The zero-order valence-corrected chi connectivity index (χ0v) is 12.4. The van der Waals surface area contributed by atoms with Crippen molar-refractivity contribution in [1.82, 2.24) is 10.2 Å². The standard InChI is InChI=1S/C14H19ClFN3O/c1-9-6-19(7-10(2)17-9)8-14(20)18-13-4-3-11(15)5-12(13)16/h3-5,9-10,17H,6-8H2,1-2H3,(H,18,20). The fourth-order valence-electron chi connectivity index (χ4n) is 2.55. The van der Waals surface area contributed by atoms with Crippen LogP contribution in [-0.4, -0.2) is 42.5 Å². The summed E-state index contributed by atoms with van der Waals surface area (Å²) in [6.07, 6.45) is 0. The molecular formula is C14H19ClFN3O. The van der Waals surface area contributed by atoms with Gasteiger partial charge in [0.2, 0.25) is 5.91 Å². The molecular weight excluding hydrogens is 281 g/mol. The number of hydrogen-bond acceptors (Lipinski definition) is 3. The fourth-order valence-corrected chi connectivity index (χ4v) is 2.71. The van der Waals surface area contributed by atoms with Gasteiger partial charge in [-0.3, -0.25) is 9.69 Å². The number of benzene rings is 1. The van der Waals surface area contributed by atoms with Crippen LogP contribution >= 0.6 is 11.6 Å². The normalized spacial score (nSPS) is 23.6. The van der Waals surface area contributed by atoms with E-state index in [2.05, 4.69) is 29.4 Å². The summed E-state index contributed by atoms with van der Waals surface area (Å²) in [7, 11) is 0. The van der Waals surface area contributed by atoms with Crippen LogP contribution in [0.5, 0.6) is 0 Å². The molecule has 2 rings (SSSR count). The van der Waals surface area contributed by atoms with Crippen LogP contribution in [0.2, 0.25) is 5.02 Å². The van der Waals surface area contributed by atoms with Gasteiger partial charge in [0.25, 0.3) is 0 Å². The topological polar surface area (TPSA) is 44.4 Å². The van der Waals surface area contributed by atoms with E-state index >= 15 is 0 Å². The maximum atomic E-state index is 13.6. The molecule has 20 heavy (non-hydrogen) atoms. The van der Waals surface area contributed by atoms with Gasteiger partial charge in [-0.1, -0.05) is 11.6 Å². The van der Waals surface area contributed by atoms with Gasteiger partial charge < -0.3 is 10.6 Å². The summed E-state index contributed by atoms with van der Waals surface area (Å²) in [5, 5.41) is 6.29. The van der Waals surface area contributed by atoms with Crippen molar-refractivity contribution in [2.45, 2.75) is 25.9 Å². The van der Waals surface area contributed by atoms with Gasteiger partial charge >= 0.3 is 0 Å². The van der Waals surface area contributed by atoms with Crippen molar-refractivity contribution in [3.8, 4) is 0 Å². The zero-order valence-electron chi connectivity index (χ0n) is 11.6. The minimum Gasteiger partial charge on any atom is -0.322 e. The van der Waals surface area contributed by atoms with Crippen molar-refractivity contribution < 1.29 is 9.18 Å². The number of halogens is 2. The molecule has 0 saturated carbocycles. The molecule has 1 amide bonds. The summed E-state index contributed by atoms with van der Waals surface area (Å²) in [6, 6.07) is 4.90. The largest absolute Gasteiger partial charge is 0.322 e. The zero-order chi connectivity index (χ0) is 14.7. The van der Waals surface area contributed by atoms with E-state index < -0.39 is 5.82 Å². The van der Waals surface area contributed by atoms with E-state index in [9.17, 15) is 9.18 Å². The minimum atomic E-state index is -0.520. The highest BCUT2D eigenvalue weighted by Gasteiger charge is 2.22. The van der Waals surface area contributed by atoms with Crippen LogP contribution in [0, 0.1) is 5.82 Å². The Morgan fingerprint density at radius 2 is 2.10 bits per heavy atom. The molecule has 0 spiro atoms. The molecule has 1 heterocycles. The molecule has 2 unspecified atom stereocenters. The van der Waals surface area contributed by atoms with E-state index in [1.54, 1.807) is 6.07 Å². The van der Waals surface area contributed by atoms with E-state index in [0.29, 0.717) is 17.1 Å². The highest BCUT2D eigenvalue weighted by molar-refractivity contribution is 6.30. The fraction of sp³-hybridized carbons (Fsp3) is 0.500. The van der Waals surface area contributed by atoms with E-state index in [1.165, 1.54) is 12.1 Å². The Morgan fingerprint density at radius 1 is 1.45 bits per heavy atom. The lowest BCUT2D eigenvalue weighted by molar-refractivity contribution is -0.117. The number of piperazine rings is 1. The second-order valence-corrected chi connectivity index (χ2v) is 5.77. The third-order valence-corrected chi connectivity index (χ3v) is 3.44. The predicted molar refractivity (Wildman–Crippen MR) is 78.5 cm³/mol. The second-order valence-electron chi connectivity index (χ2n) is 5.34. The van der Waals surface area contributed by atoms with Crippen LogP contribution in [0.25, 0.3) is 0 Å². The molecule has 1 aliphatic heterocycles. The molecule has 1 fully saturated rings. The van der Waals surface area contributed by atoms with E-state index in [4.69, 9.17) is 11.6 Å². The molecule has 1 aromatic carbocycles. The lowest BCUT2D eigenvalue weighted by atomic mass is 10.1. The molecule has 1 aliphatic rings. The first-order valence-electron chi connectivity index (χ1n) is 6.67. The van der Waals surface area contributed by atoms with Gasteiger partial charge in [-0.25, -0.2) is 4.39 Å². The first kappa shape index (κ1) is 15.2. The number of carbonyl (C=O) groups is 1. The molecule has 0 bridgehead atoms. The van der Waals surface area contributed by atoms with Crippen molar-refractivity contribution >= 4 is 23.2 Å². The Kier molecular flexibility index (Phi) is 4.96. The quantitative estimate of drug-likeness (QED) is 0.898. The van der Waals surface area contributed by atoms with Gasteiger partial charge in [-0.2, -0.15) is 0 Å². The molecule has 2 atom stereocenters. The van der Waals surface area contributed by atoms with Gasteiger partial charge in [0, 0.05) is 30.2 Å². The smallest absolute Gasteiger partial charge is 0.238 e. The van der Waals surface area contributed by atoms with Gasteiger partial charge in [-0.05, 0) is 32.0 Å². The average Bonchev–Trinajstić information content (AvgIpc) is 2.31. The van der Waals surface area contributed by atoms with Crippen molar-refractivity contribution in [1.29, 1.82) is 0 Å². The second kappa shape index (κ2) is 6.52. The molecule has 110 valence electrons. The van der Waals surface area contributed by atoms with E-state index in [-0.39, 0.29) is 18.1 Å². The SMILES string of the molecule is CC1CN(CC(=O)Nc2ccc(Cl)cc2F)CC(C)N1. The number of carbonyl (C=O) groups excluding carboxylic acids is 1. The number of anilines is 1. The number of rotatable bonds is 3. The molecule has 0 aliphatic carbocycles. The first-order valence-corrected chi connectivity index (χ1v) is 7.05. The molecule has 0 radical (unpaired) electrons. The highest BCUT2D eigenvalue weighted by Crippen LogP contribution is 2.18. The Balaban J connectivity index is 1.92. The third-order valence-electron chi connectivity index (χ3n) is 3.21. The van der Waals surface area contributed by atoms with Gasteiger partial charge in [-0.15, -0.1) is 0 Å². The maximum Gasteiger partial charge on any atom is 0.238 e. The Morgan fingerprint density at radius 3 is 2.70 bits per heavy atom. The Labute approximate surface area is 123 Å². The van der Waals surface area contributed by atoms with Crippen LogP contribution in [0.1, 0.15) is 13.8 Å². The van der Waals surface area contributed by atoms with Gasteiger partial charge in [0.15, 0.2) is 0 Å². The highest BCUT2D eigenvalue weighted by atomic mass is 35.5. The van der Waals surface area contributed by atoms with Crippen molar-refractivity contribution in [2.75, 3.05) is 25.0 Å². The van der Waals surface area contributed by atoms with Gasteiger partial charge in [0.1, 0.15) is 5.82 Å². The Bertz CT molecular complexity index is 487. The summed E-state index contributed by atoms with van der Waals surface area (Å²) in [5.41, 5.74) is 0.163. The van der Waals surface area contributed by atoms with Crippen LogP contribution in [0.15, 0.2) is 18.2 Å². The molecule has 0 aromatic heterocycles. The average molecular weight is 300 g/mol. The van der Waals surface area contributed by atoms with Crippen LogP contribution < -0.4 is 10.6 Å². The monoisotopic (exact) mass is 299 g/mol. The summed E-state index contributed by atoms with van der Waals surface area (Å²) >= 11 is 5.67. The summed E-state index contributed by atoms with van der Waals surface area (Å²) in [5.74, 6) is -0.736. The first-order chi connectivity index (χ1) is 9.44. The summed E-state index contributed by atoms with van der Waals surface area (Å²) < 4.78 is 13.6. The minimum absolute atomic E-state index is 0.163. The van der Waals surface area contributed by atoms with Crippen molar-refractivity contribution in [3.05, 3.63) is 29.0 Å². The van der Waals surface area contributed by atoms with Crippen LogP contribution in [0.4, 0.5) is 10.1 Å². The third kappa shape index (κ3) is 4.16. The number of nitrogens with zero attached hydrogens (tertiary/aromatic N) is 1.